The van der Waals surface area contributed by atoms with Gasteiger partial charge in [0, 0.05) is 46.8 Å². The molecule has 0 aromatic heterocycles. The largest absolute Gasteiger partial charge is 0.545 e. The van der Waals surface area contributed by atoms with Gasteiger partial charge in [-0.15, -0.1) is 0 Å². The van der Waals surface area contributed by atoms with Gasteiger partial charge >= 0.3 is 0 Å². The highest BCUT2D eigenvalue weighted by Gasteiger charge is 2.19. The molecular formula is C22H15N2O4-. The van der Waals surface area contributed by atoms with Gasteiger partial charge in [-0.3, -0.25) is 4.79 Å². The van der Waals surface area contributed by atoms with Crippen molar-refractivity contribution in [1.82, 2.24) is 0 Å². The normalized spacial score (nSPS) is 10.9. The van der Waals surface area contributed by atoms with Crippen LogP contribution in [-0.4, -0.2) is 11.9 Å². The van der Waals surface area contributed by atoms with Crippen molar-refractivity contribution in [3.8, 4) is 22.5 Å². The van der Waals surface area contributed by atoms with Gasteiger partial charge in [0.25, 0.3) is 0 Å². The molecule has 4 rings (SSSR count). The third-order valence-corrected chi connectivity index (χ3v) is 4.46. The van der Waals surface area contributed by atoms with Crippen LogP contribution in [0.2, 0.25) is 0 Å². The minimum atomic E-state index is -1.27. The van der Waals surface area contributed by atoms with E-state index in [2.05, 4.69) is 5.32 Å². The molecule has 2 N–H and O–H groups in total. The Morgan fingerprint density at radius 1 is 1.00 bits per heavy atom. The third kappa shape index (κ3) is 3.01. The van der Waals surface area contributed by atoms with Crippen molar-refractivity contribution in [3.63, 3.8) is 0 Å². The lowest BCUT2D eigenvalue weighted by Gasteiger charge is -2.18. The third-order valence-electron chi connectivity index (χ3n) is 4.46. The summed E-state index contributed by atoms with van der Waals surface area (Å²) in [4.78, 5) is 23.1. The number of fused-ring (bicyclic) bond motifs is 2. The molecule has 0 radical (unpaired) electrons. The smallest absolute Gasteiger partial charge is 0.221 e. The second kappa shape index (κ2) is 6.66. The van der Waals surface area contributed by atoms with Crippen molar-refractivity contribution in [1.29, 1.82) is 5.41 Å². The molecule has 0 saturated carbocycles. The lowest BCUT2D eigenvalue weighted by Crippen LogP contribution is -2.23. The summed E-state index contributed by atoms with van der Waals surface area (Å²) in [6.07, 6.45) is 0. The maximum atomic E-state index is 11.7. The van der Waals surface area contributed by atoms with Gasteiger partial charge in [0.1, 0.15) is 11.3 Å². The molecule has 28 heavy (non-hydrogen) atoms. The highest BCUT2D eigenvalue weighted by Crippen LogP contribution is 2.41. The van der Waals surface area contributed by atoms with E-state index in [1.165, 1.54) is 13.0 Å². The molecule has 6 nitrogen and oxygen atoms in total. The van der Waals surface area contributed by atoms with Crippen LogP contribution < -0.4 is 15.8 Å². The van der Waals surface area contributed by atoms with E-state index in [0.717, 1.165) is 0 Å². The fourth-order valence-electron chi connectivity index (χ4n) is 3.34. The number of rotatable bonds is 3. The molecule has 0 spiro atoms. The number of carbonyl (C=O) groups excluding carboxylic acids is 2. The second-order valence-corrected chi connectivity index (χ2v) is 6.41. The molecule has 0 unspecified atom stereocenters. The van der Waals surface area contributed by atoms with Crippen LogP contribution in [0.3, 0.4) is 0 Å². The highest BCUT2D eigenvalue weighted by molar-refractivity contribution is 6.07. The summed E-state index contributed by atoms with van der Waals surface area (Å²) in [6, 6.07) is 16.7. The first kappa shape index (κ1) is 17.5. The topological polar surface area (TPSA) is 106 Å². The number of nitrogens with one attached hydrogen (secondary N) is 2. The van der Waals surface area contributed by atoms with E-state index in [0.29, 0.717) is 39.1 Å². The lowest BCUT2D eigenvalue weighted by molar-refractivity contribution is -0.254. The van der Waals surface area contributed by atoms with Crippen LogP contribution in [0, 0.1) is 5.41 Å². The maximum absolute atomic E-state index is 11.7. The molecule has 2 aliphatic rings. The summed E-state index contributed by atoms with van der Waals surface area (Å²) in [6.45, 7) is 1.41. The zero-order valence-electron chi connectivity index (χ0n) is 14.9. The van der Waals surface area contributed by atoms with Crippen molar-refractivity contribution >= 4 is 28.5 Å². The van der Waals surface area contributed by atoms with Crippen LogP contribution in [0.5, 0.6) is 0 Å². The molecule has 0 bridgehead atoms. The van der Waals surface area contributed by atoms with Gasteiger partial charge in [0.05, 0.1) is 11.3 Å². The van der Waals surface area contributed by atoms with Gasteiger partial charge in [-0.25, -0.2) is 0 Å². The molecule has 1 aliphatic carbocycles. The second-order valence-electron chi connectivity index (χ2n) is 6.41. The van der Waals surface area contributed by atoms with Gasteiger partial charge < -0.3 is 25.0 Å². The number of anilines is 1. The molecule has 2 aromatic rings. The fourth-order valence-corrected chi connectivity index (χ4v) is 3.34. The van der Waals surface area contributed by atoms with Crippen LogP contribution in [-0.2, 0) is 4.79 Å². The van der Waals surface area contributed by atoms with E-state index in [1.54, 1.807) is 54.6 Å². The van der Waals surface area contributed by atoms with Gasteiger partial charge in [-0.05, 0) is 29.8 Å². The number of amides is 1. The number of benzene rings is 3. The zero-order valence-corrected chi connectivity index (χ0v) is 14.9. The number of aromatic carboxylic acids is 1. The van der Waals surface area contributed by atoms with Crippen molar-refractivity contribution in [2.45, 2.75) is 6.92 Å². The van der Waals surface area contributed by atoms with E-state index in [9.17, 15) is 14.7 Å². The number of carboxylic acids is 1. The van der Waals surface area contributed by atoms with E-state index >= 15 is 0 Å². The Morgan fingerprint density at radius 3 is 2.54 bits per heavy atom. The Morgan fingerprint density at radius 2 is 1.79 bits per heavy atom. The molecule has 6 heteroatoms. The molecule has 1 amide bonds. The number of carbonyl (C=O) groups is 2. The standard InChI is InChI=1S/C22H16N2O4/c1-12(25)24-14-7-9-18-20(11-14)28-19-10-13(23)6-8-17(19)21(18)15-4-2-3-5-16(15)22(26)27/h2-11,23H,1H3,(H,24,25)(H,26,27)/p-1. The van der Waals surface area contributed by atoms with Crippen molar-refractivity contribution in [3.05, 3.63) is 71.6 Å². The Bertz CT molecular complexity index is 1270. The Kier molecular flexibility index (Phi) is 4.16. The van der Waals surface area contributed by atoms with Gasteiger partial charge in [-0.1, -0.05) is 24.3 Å². The molecule has 0 fully saturated rings. The maximum Gasteiger partial charge on any atom is 0.221 e. The number of hydrogen-bond donors (Lipinski definition) is 2. The monoisotopic (exact) mass is 371 g/mol. The Balaban J connectivity index is 2.12. The summed E-state index contributed by atoms with van der Waals surface area (Å²) in [5.74, 6) is -1.04. The van der Waals surface area contributed by atoms with Gasteiger partial charge in [0.2, 0.25) is 5.91 Å². The molecule has 1 aliphatic heterocycles. The van der Waals surface area contributed by atoms with Crippen LogP contribution in [0.25, 0.3) is 33.4 Å². The van der Waals surface area contributed by atoms with E-state index in [-0.39, 0.29) is 16.8 Å². The summed E-state index contributed by atoms with van der Waals surface area (Å²) >= 11 is 0. The quantitative estimate of drug-likeness (QED) is 0.540. The molecule has 0 saturated heterocycles. The van der Waals surface area contributed by atoms with Crippen LogP contribution in [0.15, 0.2) is 65.1 Å². The van der Waals surface area contributed by atoms with E-state index < -0.39 is 5.97 Å². The van der Waals surface area contributed by atoms with Crippen LogP contribution >= 0.6 is 0 Å². The van der Waals surface area contributed by atoms with Crippen molar-refractivity contribution in [2.75, 3.05) is 5.32 Å². The van der Waals surface area contributed by atoms with Crippen LogP contribution in [0.1, 0.15) is 17.3 Å². The minimum Gasteiger partial charge on any atom is -0.545 e. The molecule has 2 aromatic carbocycles. The van der Waals surface area contributed by atoms with Crippen LogP contribution in [0.4, 0.5) is 5.69 Å². The number of carboxylic acid groups (broad SMARTS) is 1. The first-order valence-electron chi connectivity index (χ1n) is 8.57. The van der Waals surface area contributed by atoms with E-state index in [1.807, 2.05) is 0 Å². The first-order chi connectivity index (χ1) is 13.4. The predicted molar refractivity (Wildman–Crippen MR) is 103 cm³/mol. The lowest BCUT2D eigenvalue weighted by atomic mass is 9.91. The minimum absolute atomic E-state index is 0.0668. The summed E-state index contributed by atoms with van der Waals surface area (Å²) in [5, 5.41) is 23.2. The summed E-state index contributed by atoms with van der Waals surface area (Å²) < 4.78 is 5.98. The van der Waals surface area contributed by atoms with Gasteiger partial charge in [-0.2, -0.15) is 0 Å². The summed E-state index contributed by atoms with van der Waals surface area (Å²) in [7, 11) is 0. The number of hydrogen-bond acceptors (Lipinski definition) is 5. The summed E-state index contributed by atoms with van der Waals surface area (Å²) in [5.41, 5.74) is 2.95. The molecule has 138 valence electrons. The molecular weight excluding hydrogens is 356 g/mol. The van der Waals surface area contributed by atoms with E-state index in [4.69, 9.17) is 9.83 Å². The van der Waals surface area contributed by atoms with Crippen molar-refractivity contribution < 1.29 is 19.1 Å². The zero-order chi connectivity index (χ0) is 19.8. The molecule has 0 atom stereocenters. The SMILES string of the molecule is CC(=O)Nc1ccc2c(-c3ccccc3C(=O)[O-])c3ccc(=N)cc-3oc2c1. The Hall–Kier alpha value is -3.93. The Labute approximate surface area is 159 Å². The van der Waals surface area contributed by atoms with Gasteiger partial charge in [0.15, 0.2) is 0 Å². The molecule has 1 heterocycles. The average molecular weight is 371 g/mol. The van der Waals surface area contributed by atoms with Crippen molar-refractivity contribution in [2.24, 2.45) is 0 Å². The first-order valence-corrected chi connectivity index (χ1v) is 8.57. The predicted octanol–water partition coefficient (Wildman–Crippen LogP) is 3.01. The average Bonchev–Trinajstić information content (AvgIpc) is 2.65. The highest BCUT2D eigenvalue weighted by atomic mass is 16.4. The fraction of sp³-hybridized carbons (Fsp3) is 0.0455.